The Bertz CT molecular complexity index is 904. The molecular weight excluding hydrogens is 393 g/mol. The Morgan fingerprint density at radius 2 is 2.00 bits per heavy atom. The summed E-state index contributed by atoms with van der Waals surface area (Å²) >= 11 is 0. The molecule has 1 N–H and O–H groups in total. The third-order valence-electron chi connectivity index (χ3n) is 5.15. The molecule has 1 aliphatic carbocycles. The van der Waals surface area contributed by atoms with Gasteiger partial charge in [0.1, 0.15) is 11.3 Å². The molecule has 0 saturated heterocycles. The number of aromatic nitrogens is 1. The van der Waals surface area contributed by atoms with Gasteiger partial charge < -0.3 is 10.1 Å². The highest BCUT2D eigenvalue weighted by Crippen LogP contribution is 2.39. The van der Waals surface area contributed by atoms with Crippen molar-refractivity contribution >= 4 is 6.09 Å². The molecule has 30 heavy (non-hydrogen) atoms. The minimum absolute atomic E-state index is 0.243. The number of amides is 1. The lowest BCUT2D eigenvalue weighted by Gasteiger charge is -2.28. The van der Waals surface area contributed by atoms with Gasteiger partial charge in [0.05, 0.1) is 0 Å². The third kappa shape index (κ3) is 5.52. The van der Waals surface area contributed by atoms with E-state index in [0.29, 0.717) is 12.1 Å². The van der Waals surface area contributed by atoms with Crippen molar-refractivity contribution in [1.29, 1.82) is 0 Å². The molecule has 1 aromatic carbocycles. The molecule has 162 valence electrons. The zero-order valence-corrected chi connectivity index (χ0v) is 17.5. The molecule has 1 amide bonds. The maximum atomic E-state index is 13.1. The fourth-order valence-electron chi connectivity index (χ4n) is 3.93. The van der Waals surface area contributed by atoms with Crippen LogP contribution in [0.2, 0.25) is 0 Å². The monoisotopic (exact) mass is 420 g/mol. The summed E-state index contributed by atoms with van der Waals surface area (Å²) in [6, 6.07) is 8.54. The second-order valence-corrected chi connectivity index (χ2v) is 8.61. The van der Waals surface area contributed by atoms with E-state index in [1.807, 2.05) is 39.0 Å². The number of halogens is 3. The van der Waals surface area contributed by atoms with Gasteiger partial charge in [-0.1, -0.05) is 18.2 Å². The first-order valence-electron chi connectivity index (χ1n) is 10.2. The molecule has 0 aliphatic heterocycles. The van der Waals surface area contributed by atoms with Crippen LogP contribution in [0.3, 0.4) is 0 Å². The number of rotatable bonds is 4. The summed E-state index contributed by atoms with van der Waals surface area (Å²) in [6.45, 7) is 5.93. The van der Waals surface area contributed by atoms with E-state index in [0.717, 1.165) is 48.4 Å². The summed E-state index contributed by atoms with van der Waals surface area (Å²) < 4.78 is 44.5. The molecule has 3 rings (SSSR count). The van der Waals surface area contributed by atoms with Gasteiger partial charge in [0.15, 0.2) is 0 Å². The summed E-state index contributed by atoms with van der Waals surface area (Å²) in [7, 11) is 0. The van der Waals surface area contributed by atoms with Crippen LogP contribution >= 0.6 is 0 Å². The van der Waals surface area contributed by atoms with E-state index in [1.54, 1.807) is 6.07 Å². The highest BCUT2D eigenvalue weighted by Gasteiger charge is 2.33. The van der Waals surface area contributed by atoms with Gasteiger partial charge in [-0.3, -0.25) is 4.98 Å². The van der Waals surface area contributed by atoms with Crippen molar-refractivity contribution in [2.45, 2.75) is 64.1 Å². The number of fused-ring (bicyclic) bond motifs is 1. The van der Waals surface area contributed by atoms with Gasteiger partial charge in [-0.05, 0) is 86.8 Å². The molecule has 2 aromatic rings. The lowest BCUT2D eigenvalue weighted by Crippen LogP contribution is -2.33. The van der Waals surface area contributed by atoms with E-state index in [9.17, 15) is 18.0 Å². The predicted octanol–water partition coefficient (Wildman–Crippen LogP) is 6.10. The van der Waals surface area contributed by atoms with Crippen LogP contribution in [0.15, 0.2) is 36.5 Å². The summed E-state index contributed by atoms with van der Waals surface area (Å²) in [6.07, 6.45) is -0.188. The number of alkyl carbamates (subject to hydrolysis) is 1. The van der Waals surface area contributed by atoms with Gasteiger partial charge in [-0.15, -0.1) is 0 Å². The number of hydrogen-bond donors (Lipinski definition) is 1. The molecule has 1 atom stereocenters. The van der Waals surface area contributed by atoms with E-state index in [2.05, 4.69) is 10.3 Å². The lowest BCUT2D eigenvalue weighted by atomic mass is 9.78. The number of nitrogens with zero attached hydrogens (tertiary/aromatic N) is 1. The molecule has 1 heterocycles. The SMILES string of the molecule is CC(C)(C)OC(=O)NCCC1CCCc2c(-c3ccnc(C(F)(F)F)c3)cccc21. The van der Waals surface area contributed by atoms with Crippen molar-refractivity contribution in [1.82, 2.24) is 10.3 Å². The minimum atomic E-state index is -4.47. The number of nitrogens with one attached hydrogen (secondary N) is 1. The fourth-order valence-corrected chi connectivity index (χ4v) is 3.93. The van der Waals surface area contributed by atoms with Gasteiger partial charge in [0.25, 0.3) is 0 Å². The van der Waals surface area contributed by atoms with Crippen molar-refractivity contribution in [3.05, 3.63) is 53.3 Å². The summed E-state index contributed by atoms with van der Waals surface area (Å²) in [5.41, 5.74) is 2.16. The number of pyridine rings is 1. The van der Waals surface area contributed by atoms with Crippen LogP contribution in [0.25, 0.3) is 11.1 Å². The largest absolute Gasteiger partial charge is 0.444 e. The van der Waals surface area contributed by atoms with E-state index in [4.69, 9.17) is 4.74 Å². The molecule has 7 heteroatoms. The summed E-state index contributed by atoms with van der Waals surface area (Å²) in [5, 5.41) is 2.79. The maximum Gasteiger partial charge on any atom is 0.433 e. The van der Waals surface area contributed by atoms with Crippen LogP contribution in [-0.4, -0.2) is 23.2 Å². The molecule has 1 aliphatic rings. The predicted molar refractivity (Wildman–Crippen MR) is 109 cm³/mol. The van der Waals surface area contributed by atoms with Gasteiger partial charge in [-0.25, -0.2) is 4.79 Å². The Labute approximate surface area is 174 Å². The number of carbonyl (C=O) groups excluding carboxylic acids is 1. The van der Waals surface area contributed by atoms with Crippen LogP contribution in [-0.2, 0) is 17.3 Å². The van der Waals surface area contributed by atoms with Crippen LogP contribution in [0, 0.1) is 0 Å². The van der Waals surface area contributed by atoms with Crippen LogP contribution in [0.1, 0.15) is 62.8 Å². The summed E-state index contributed by atoms with van der Waals surface area (Å²) in [4.78, 5) is 15.3. The second-order valence-electron chi connectivity index (χ2n) is 8.61. The number of alkyl halides is 3. The molecule has 1 aromatic heterocycles. The van der Waals surface area contributed by atoms with Gasteiger partial charge in [0, 0.05) is 12.7 Å². The molecule has 0 radical (unpaired) electrons. The highest BCUT2D eigenvalue weighted by molar-refractivity contribution is 5.70. The molecule has 0 bridgehead atoms. The zero-order chi connectivity index (χ0) is 21.9. The molecular formula is C23H27F3N2O2. The quantitative estimate of drug-likeness (QED) is 0.650. The van der Waals surface area contributed by atoms with Crippen molar-refractivity contribution in [2.24, 2.45) is 0 Å². The second kappa shape index (κ2) is 8.66. The summed E-state index contributed by atoms with van der Waals surface area (Å²) in [5.74, 6) is 0.243. The van der Waals surface area contributed by atoms with E-state index >= 15 is 0 Å². The van der Waals surface area contributed by atoms with Crippen molar-refractivity contribution in [3.63, 3.8) is 0 Å². The van der Waals surface area contributed by atoms with Crippen molar-refractivity contribution in [3.8, 4) is 11.1 Å². The normalized spacial score (nSPS) is 16.7. The Hall–Kier alpha value is -2.57. The first-order valence-corrected chi connectivity index (χ1v) is 10.2. The van der Waals surface area contributed by atoms with Crippen LogP contribution in [0.4, 0.5) is 18.0 Å². The first kappa shape index (κ1) is 22.1. The van der Waals surface area contributed by atoms with Crippen molar-refractivity contribution in [2.75, 3.05) is 6.54 Å². The van der Waals surface area contributed by atoms with Crippen LogP contribution in [0.5, 0.6) is 0 Å². The topological polar surface area (TPSA) is 51.2 Å². The van der Waals surface area contributed by atoms with Gasteiger partial charge in [-0.2, -0.15) is 13.2 Å². The maximum absolute atomic E-state index is 13.1. The number of ether oxygens (including phenoxy) is 1. The van der Waals surface area contributed by atoms with Crippen molar-refractivity contribution < 1.29 is 22.7 Å². The Kier molecular flexibility index (Phi) is 6.38. The van der Waals surface area contributed by atoms with Gasteiger partial charge >= 0.3 is 12.3 Å². The third-order valence-corrected chi connectivity index (χ3v) is 5.15. The Balaban J connectivity index is 1.77. The Morgan fingerprint density at radius 1 is 1.23 bits per heavy atom. The zero-order valence-electron chi connectivity index (χ0n) is 17.5. The molecule has 0 spiro atoms. The van der Waals surface area contributed by atoms with Gasteiger partial charge in [0.2, 0.25) is 0 Å². The minimum Gasteiger partial charge on any atom is -0.444 e. The lowest BCUT2D eigenvalue weighted by molar-refractivity contribution is -0.141. The first-order chi connectivity index (χ1) is 14.0. The van der Waals surface area contributed by atoms with Crippen LogP contribution < -0.4 is 5.32 Å². The van der Waals surface area contributed by atoms with E-state index < -0.39 is 23.6 Å². The van der Waals surface area contributed by atoms with E-state index in [-0.39, 0.29) is 5.92 Å². The molecule has 0 fully saturated rings. The number of benzene rings is 1. The highest BCUT2D eigenvalue weighted by atomic mass is 19.4. The fraction of sp³-hybridized carbons (Fsp3) is 0.478. The van der Waals surface area contributed by atoms with E-state index in [1.165, 1.54) is 6.20 Å². The number of carbonyl (C=O) groups is 1. The molecule has 0 saturated carbocycles. The molecule has 1 unspecified atom stereocenters. The standard InChI is InChI=1S/C23H27F3N2O2/c1-22(2,3)30-21(29)28-13-10-15-6-4-9-19-17(15)7-5-8-18(19)16-11-12-27-20(14-16)23(24,25)26/h5,7-8,11-12,14-15H,4,6,9-10,13H2,1-3H3,(H,28,29). The smallest absolute Gasteiger partial charge is 0.433 e. The average Bonchev–Trinajstić information content (AvgIpc) is 2.66. The Morgan fingerprint density at radius 3 is 2.70 bits per heavy atom. The molecule has 4 nitrogen and oxygen atoms in total. The average molecular weight is 420 g/mol. The number of hydrogen-bond acceptors (Lipinski definition) is 3.